The molecule has 1 aromatic carbocycles. The number of para-hydroxylation sites is 2. The average Bonchev–Trinajstić information content (AvgIpc) is 2.57. The summed E-state index contributed by atoms with van der Waals surface area (Å²) in [5.74, 6) is 0. The number of benzene rings is 1. The van der Waals surface area contributed by atoms with Crippen LogP contribution in [0.25, 0.3) is 11.1 Å². The Bertz CT molecular complexity index is 440. The highest BCUT2D eigenvalue weighted by molar-refractivity contribution is 5.74. The van der Waals surface area contributed by atoms with Gasteiger partial charge >= 0.3 is 0 Å². The van der Waals surface area contributed by atoms with Crippen molar-refractivity contribution in [3.8, 4) is 0 Å². The van der Waals surface area contributed by atoms with E-state index in [0.29, 0.717) is 18.1 Å². The van der Waals surface area contributed by atoms with Crippen molar-refractivity contribution in [2.24, 2.45) is 5.73 Å². The minimum absolute atomic E-state index is 0.340. The van der Waals surface area contributed by atoms with Gasteiger partial charge in [0.05, 0.1) is 0 Å². The summed E-state index contributed by atoms with van der Waals surface area (Å²) in [6.07, 6.45) is 2.00. The number of nitrogens with one attached hydrogen (secondary N) is 1. The Hall–Kier alpha value is -1.55. The second-order valence-electron chi connectivity index (χ2n) is 4.06. The Kier molecular flexibility index (Phi) is 1.89. The predicted molar refractivity (Wildman–Crippen MR) is 58.6 cm³/mol. The minimum atomic E-state index is 0.340. The van der Waals surface area contributed by atoms with Gasteiger partial charge in [-0.15, -0.1) is 0 Å². The number of hydrogen-bond acceptors (Lipinski definition) is 4. The van der Waals surface area contributed by atoms with Crippen molar-refractivity contribution in [1.82, 2.24) is 4.98 Å². The van der Waals surface area contributed by atoms with Crippen LogP contribution in [0.2, 0.25) is 0 Å². The van der Waals surface area contributed by atoms with Gasteiger partial charge in [0, 0.05) is 12.1 Å². The van der Waals surface area contributed by atoms with E-state index in [1.165, 1.54) is 0 Å². The summed E-state index contributed by atoms with van der Waals surface area (Å²) in [6, 6.07) is 9.12. The van der Waals surface area contributed by atoms with E-state index in [-0.39, 0.29) is 0 Å². The smallest absolute Gasteiger partial charge is 0.295 e. The molecular weight excluding hydrogens is 190 g/mol. The maximum Gasteiger partial charge on any atom is 0.295 e. The van der Waals surface area contributed by atoms with Crippen LogP contribution in [-0.2, 0) is 0 Å². The van der Waals surface area contributed by atoms with Crippen molar-refractivity contribution >= 4 is 17.1 Å². The van der Waals surface area contributed by atoms with Gasteiger partial charge in [0.15, 0.2) is 5.58 Å². The fourth-order valence-corrected chi connectivity index (χ4v) is 1.89. The van der Waals surface area contributed by atoms with Crippen LogP contribution in [0.1, 0.15) is 12.8 Å². The van der Waals surface area contributed by atoms with Crippen LogP contribution in [0.4, 0.5) is 6.01 Å². The second kappa shape index (κ2) is 3.24. The fourth-order valence-electron chi connectivity index (χ4n) is 1.89. The van der Waals surface area contributed by atoms with E-state index in [2.05, 4.69) is 10.3 Å². The zero-order valence-electron chi connectivity index (χ0n) is 8.31. The highest BCUT2D eigenvalue weighted by atomic mass is 16.4. The standard InChI is InChI=1S/C11H13N3O/c12-7-5-8(6-7)13-11-14-9-3-1-2-4-10(9)15-11/h1-4,7-8H,5-6,12H2,(H,13,14)/t7-,8-. The van der Waals surface area contributed by atoms with Gasteiger partial charge in [-0.05, 0) is 25.0 Å². The lowest BCUT2D eigenvalue weighted by Gasteiger charge is -2.32. The van der Waals surface area contributed by atoms with Gasteiger partial charge in [0.1, 0.15) is 5.52 Å². The third kappa shape index (κ3) is 1.57. The van der Waals surface area contributed by atoms with E-state index >= 15 is 0 Å². The van der Waals surface area contributed by atoms with Gasteiger partial charge in [-0.1, -0.05) is 12.1 Å². The maximum atomic E-state index is 5.71. The van der Waals surface area contributed by atoms with Crippen LogP contribution in [0.5, 0.6) is 0 Å². The highest BCUT2D eigenvalue weighted by Gasteiger charge is 2.26. The first-order chi connectivity index (χ1) is 7.31. The van der Waals surface area contributed by atoms with Crippen molar-refractivity contribution in [2.75, 3.05) is 5.32 Å². The molecule has 4 nitrogen and oxygen atoms in total. The van der Waals surface area contributed by atoms with Crippen molar-refractivity contribution < 1.29 is 4.42 Å². The van der Waals surface area contributed by atoms with E-state index in [1.54, 1.807) is 0 Å². The van der Waals surface area contributed by atoms with Crippen LogP contribution in [0.15, 0.2) is 28.7 Å². The molecule has 1 saturated carbocycles. The number of fused-ring (bicyclic) bond motifs is 1. The monoisotopic (exact) mass is 203 g/mol. The van der Waals surface area contributed by atoms with Crippen molar-refractivity contribution in [3.63, 3.8) is 0 Å². The molecule has 3 rings (SSSR count). The van der Waals surface area contributed by atoms with Gasteiger partial charge in [-0.3, -0.25) is 0 Å². The predicted octanol–water partition coefficient (Wildman–Crippen LogP) is 1.73. The molecule has 15 heavy (non-hydrogen) atoms. The molecule has 0 saturated heterocycles. The van der Waals surface area contributed by atoms with E-state index in [9.17, 15) is 0 Å². The number of aromatic nitrogens is 1. The van der Waals surface area contributed by atoms with E-state index < -0.39 is 0 Å². The van der Waals surface area contributed by atoms with Crippen LogP contribution < -0.4 is 11.1 Å². The summed E-state index contributed by atoms with van der Waals surface area (Å²) in [6.45, 7) is 0. The number of oxazole rings is 1. The molecule has 3 N–H and O–H groups in total. The summed E-state index contributed by atoms with van der Waals surface area (Å²) >= 11 is 0. The van der Waals surface area contributed by atoms with Crippen LogP contribution in [0, 0.1) is 0 Å². The number of nitrogens with zero attached hydrogens (tertiary/aromatic N) is 1. The zero-order chi connectivity index (χ0) is 10.3. The van der Waals surface area contributed by atoms with Crippen molar-refractivity contribution in [3.05, 3.63) is 24.3 Å². The Morgan fingerprint density at radius 2 is 2.13 bits per heavy atom. The largest absolute Gasteiger partial charge is 0.424 e. The number of rotatable bonds is 2. The topological polar surface area (TPSA) is 64.1 Å². The molecule has 0 radical (unpaired) electrons. The van der Waals surface area contributed by atoms with E-state index in [4.69, 9.17) is 10.2 Å². The Morgan fingerprint density at radius 1 is 1.33 bits per heavy atom. The van der Waals surface area contributed by atoms with Crippen molar-refractivity contribution in [2.45, 2.75) is 24.9 Å². The molecule has 1 heterocycles. The van der Waals surface area contributed by atoms with Crippen molar-refractivity contribution in [1.29, 1.82) is 0 Å². The lowest BCUT2D eigenvalue weighted by molar-refractivity contribution is 0.366. The number of hydrogen-bond donors (Lipinski definition) is 2. The summed E-state index contributed by atoms with van der Waals surface area (Å²) in [5, 5.41) is 3.24. The Labute approximate surface area is 87.5 Å². The van der Waals surface area contributed by atoms with Crippen LogP contribution >= 0.6 is 0 Å². The fraction of sp³-hybridized carbons (Fsp3) is 0.364. The minimum Gasteiger partial charge on any atom is -0.424 e. The average molecular weight is 203 g/mol. The molecule has 78 valence electrons. The highest BCUT2D eigenvalue weighted by Crippen LogP contribution is 2.24. The molecule has 4 heteroatoms. The first-order valence-electron chi connectivity index (χ1n) is 5.19. The van der Waals surface area contributed by atoms with Gasteiger partial charge in [0.25, 0.3) is 6.01 Å². The SMILES string of the molecule is N[C@H]1C[C@H](Nc2nc3ccccc3o2)C1. The molecule has 0 amide bonds. The first kappa shape index (κ1) is 8.73. The zero-order valence-corrected chi connectivity index (χ0v) is 8.31. The lowest BCUT2D eigenvalue weighted by atomic mass is 9.88. The third-order valence-electron chi connectivity index (χ3n) is 2.80. The van der Waals surface area contributed by atoms with Gasteiger partial charge < -0.3 is 15.5 Å². The Balaban J connectivity index is 1.80. The van der Waals surface area contributed by atoms with Crippen LogP contribution in [0.3, 0.4) is 0 Å². The van der Waals surface area contributed by atoms with E-state index in [1.807, 2.05) is 24.3 Å². The molecule has 0 spiro atoms. The quantitative estimate of drug-likeness (QED) is 0.780. The molecule has 0 unspecified atom stereocenters. The van der Waals surface area contributed by atoms with Gasteiger partial charge in [0.2, 0.25) is 0 Å². The van der Waals surface area contributed by atoms with Crippen LogP contribution in [-0.4, -0.2) is 17.1 Å². The lowest BCUT2D eigenvalue weighted by Crippen LogP contribution is -2.44. The molecule has 1 fully saturated rings. The summed E-state index contributed by atoms with van der Waals surface area (Å²) < 4.78 is 5.55. The summed E-state index contributed by atoms with van der Waals surface area (Å²) in [7, 11) is 0. The van der Waals surface area contributed by atoms with Gasteiger partial charge in [-0.25, -0.2) is 0 Å². The molecule has 2 aromatic rings. The molecule has 1 aliphatic carbocycles. The summed E-state index contributed by atoms with van der Waals surface area (Å²) in [5.41, 5.74) is 7.42. The molecular formula is C11H13N3O. The van der Waals surface area contributed by atoms with E-state index in [0.717, 1.165) is 23.9 Å². The molecule has 0 aliphatic heterocycles. The molecule has 0 bridgehead atoms. The molecule has 0 atom stereocenters. The number of nitrogens with two attached hydrogens (primary N) is 1. The van der Waals surface area contributed by atoms with Gasteiger partial charge in [-0.2, -0.15) is 4.98 Å². The first-order valence-corrected chi connectivity index (χ1v) is 5.19. The summed E-state index contributed by atoms with van der Waals surface area (Å²) in [4.78, 5) is 4.34. The Morgan fingerprint density at radius 3 is 2.87 bits per heavy atom. The maximum absolute atomic E-state index is 5.71. The molecule has 1 aliphatic rings. The normalized spacial score (nSPS) is 25.1. The number of anilines is 1. The molecule has 1 aromatic heterocycles. The second-order valence-corrected chi connectivity index (χ2v) is 4.06. The third-order valence-corrected chi connectivity index (χ3v) is 2.80.